The third kappa shape index (κ3) is 4.08. The van der Waals surface area contributed by atoms with Crippen LogP contribution in [-0.2, 0) is 9.45 Å². The molecular weight excluding hydrogens is 261 g/mol. The van der Waals surface area contributed by atoms with E-state index in [1.165, 1.54) is 0 Å². The minimum atomic E-state index is -0.872. The Morgan fingerprint density at radius 1 is 1.38 bits per heavy atom. The van der Waals surface area contributed by atoms with Crippen LogP contribution in [0.1, 0.15) is 12.5 Å². The van der Waals surface area contributed by atoms with E-state index < -0.39 is 5.97 Å². The summed E-state index contributed by atoms with van der Waals surface area (Å²) in [5.41, 5.74) is 1.74. The van der Waals surface area contributed by atoms with Gasteiger partial charge in [-0.3, -0.25) is 0 Å². The molecule has 102 valence electrons. The molecule has 0 bridgehead atoms. The maximum atomic E-state index is 11.8. The number of benzene rings is 1. The molecule has 0 unspecified atom stereocenters. The second-order valence-corrected chi connectivity index (χ2v) is 3.97. The standard InChI is InChI=1S/C17H14BNO2/c1-3-5-9-13(4-2)16(14-10-7-6-8-11-14)15(12-19)17(20)21-18/h3-11H,1H2,2H3/b9-5-,13-4+,16-15+. The van der Waals surface area contributed by atoms with Crippen LogP contribution in [0, 0.1) is 11.3 Å². The molecule has 0 aliphatic rings. The minimum Gasteiger partial charge on any atom is -0.539 e. The molecule has 3 nitrogen and oxygen atoms in total. The maximum absolute atomic E-state index is 11.8. The van der Waals surface area contributed by atoms with E-state index in [1.54, 1.807) is 24.3 Å². The lowest BCUT2D eigenvalue weighted by molar-refractivity contribution is -0.129. The van der Waals surface area contributed by atoms with E-state index in [1.807, 2.05) is 43.3 Å². The first-order valence-corrected chi connectivity index (χ1v) is 6.26. The summed E-state index contributed by atoms with van der Waals surface area (Å²) < 4.78 is 4.21. The molecule has 21 heavy (non-hydrogen) atoms. The summed E-state index contributed by atoms with van der Waals surface area (Å²) >= 11 is 0. The van der Waals surface area contributed by atoms with Crippen LogP contribution in [0.3, 0.4) is 0 Å². The predicted molar refractivity (Wildman–Crippen MR) is 83.9 cm³/mol. The van der Waals surface area contributed by atoms with Gasteiger partial charge in [0.25, 0.3) is 0 Å². The molecule has 2 radical (unpaired) electrons. The average molecular weight is 275 g/mol. The number of hydrogen-bond acceptors (Lipinski definition) is 3. The number of allylic oxidation sites excluding steroid dienone is 6. The molecule has 0 fully saturated rings. The number of carbonyl (C=O) groups excluding carboxylic acids is 1. The lowest BCUT2D eigenvalue weighted by Crippen LogP contribution is -2.08. The van der Waals surface area contributed by atoms with Crippen molar-refractivity contribution >= 4 is 19.6 Å². The lowest BCUT2D eigenvalue weighted by Gasteiger charge is -2.11. The van der Waals surface area contributed by atoms with Crippen molar-refractivity contribution in [1.82, 2.24) is 0 Å². The van der Waals surface area contributed by atoms with Crippen LogP contribution in [0.25, 0.3) is 5.57 Å². The first-order chi connectivity index (χ1) is 10.2. The molecule has 1 aromatic rings. The monoisotopic (exact) mass is 275 g/mol. The van der Waals surface area contributed by atoms with E-state index in [0.29, 0.717) is 11.1 Å². The molecule has 0 aliphatic heterocycles. The molecular formula is C17H14BNO2. The van der Waals surface area contributed by atoms with E-state index in [9.17, 15) is 10.1 Å². The number of hydrogen-bond donors (Lipinski definition) is 0. The van der Waals surface area contributed by atoms with Crippen molar-refractivity contribution in [3.05, 3.63) is 77.9 Å². The fourth-order valence-corrected chi connectivity index (χ4v) is 1.82. The van der Waals surface area contributed by atoms with Gasteiger partial charge >= 0.3 is 14.0 Å². The smallest absolute Gasteiger partial charge is 0.378 e. The highest BCUT2D eigenvalue weighted by Crippen LogP contribution is 2.28. The summed E-state index contributed by atoms with van der Waals surface area (Å²) in [4.78, 5) is 11.8. The Kier molecular flexibility index (Phi) is 6.50. The van der Waals surface area contributed by atoms with Crippen molar-refractivity contribution in [2.24, 2.45) is 0 Å². The lowest BCUT2D eigenvalue weighted by atomic mass is 9.92. The zero-order chi connectivity index (χ0) is 15.7. The van der Waals surface area contributed by atoms with E-state index >= 15 is 0 Å². The number of carbonyl (C=O) groups is 1. The molecule has 0 amide bonds. The van der Waals surface area contributed by atoms with Crippen LogP contribution >= 0.6 is 0 Å². The number of rotatable bonds is 5. The van der Waals surface area contributed by atoms with E-state index in [4.69, 9.17) is 8.05 Å². The zero-order valence-electron chi connectivity index (χ0n) is 11.7. The Labute approximate surface area is 126 Å². The summed E-state index contributed by atoms with van der Waals surface area (Å²) in [5, 5.41) is 9.29. The van der Waals surface area contributed by atoms with Crippen LogP contribution in [-0.4, -0.2) is 14.0 Å². The van der Waals surface area contributed by atoms with Gasteiger partial charge in [-0.05, 0) is 18.1 Å². The molecule has 1 aromatic carbocycles. The Balaban J connectivity index is 3.62. The summed E-state index contributed by atoms with van der Waals surface area (Å²) in [7, 11) is 4.92. The fourth-order valence-electron chi connectivity index (χ4n) is 1.82. The van der Waals surface area contributed by atoms with Crippen LogP contribution in [0.15, 0.2) is 72.4 Å². The highest BCUT2D eigenvalue weighted by atomic mass is 16.5. The summed E-state index contributed by atoms with van der Waals surface area (Å²) in [6.45, 7) is 5.42. The maximum Gasteiger partial charge on any atom is 0.378 e. The Morgan fingerprint density at radius 2 is 2.05 bits per heavy atom. The van der Waals surface area contributed by atoms with Crippen molar-refractivity contribution in [2.75, 3.05) is 0 Å². The summed E-state index contributed by atoms with van der Waals surface area (Å²) in [6.07, 6.45) is 6.89. The molecule has 0 heterocycles. The summed E-state index contributed by atoms with van der Waals surface area (Å²) in [6, 6.07) is 11.0. The first-order valence-electron chi connectivity index (χ1n) is 6.26. The van der Waals surface area contributed by atoms with E-state index in [0.717, 1.165) is 5.56 Å². The van der Waals surface area contributed by atoms with Crippen molar-refractivity contribution in [3.8, 4) is 6.07 Å². The minimum absolute atomic E-state index is 0.148. The molecule has 0 aliphatic carbocycles. The normalized spacial score (nSPS) is 12.5. The number of nitrogens with zero attached hydrogens (tertiary/aromatic N) is 1. The molecule has 0 aromatic heterocycles. The quantitative estimate of drug-likeness (QED) is 0.358. The van der Waals surface area contributed by atoms with Gasteiger partial charge in [0.2, 0.25) is 0 Å². The van der Waals surface area contributed by atoms with Gasteiger partial charge in [-0.2, -0.15) is 5.26 Å². The van der Waals surface area contributed by atoms with Crippen molar-refractivity contribution in [1.29, 1.82) is 5.26 Å². The Hall–Kier alpha value is -2.80. The first kappa shape index (κ1) is 16.3. The fraction of sp³-hybridized carbons (Fsp3) is 0.0588. The van der Waals surface area contributed by atoms with E-state index in [-0.39, 0.29) is 5.57 Å². The van der Waals surface area contributed by atoms with Crippen LogP contribution in [0.2, 0.25) is 0 Å². The summed E-state index contributed by atoms with van der Waals surface area (Å²) in [5.74, 6) is -0.872. The topological polar surface area (TPSA) is 50.1 Å². The Morgan fingerprint density at radius 3 is 2.52 bits per heavy atom. The van der Waals surface area contributed by atoms with Gasteiger partial charge in [-0.25, -0.2) is 4.79 Å². The van der Waals surface area contributed by atoms with Crippen LogP contribution < -0.4 is 0 Å². The van der Waals surface area contributed by atoms with Crippen molar-refractivity contribution in [3.63, 3.8) is 0 Å². The van der Waals surface area contributed by atoms with E-state index in [2.05, 4.69) is 11.2 Å². The second kappa shape index (κ2) is 8.39. The van der Waals surface area contributed by atoms with Gasteiger partial charge in [-0.1, -0.05) is 61.2 Å². The highest BCUT2D eigenvalue weighted by molar-refractivity contribution is 6.14. The second-order valence-electron chi connectivity index (χ2n) is 3.97. The molecule has 0 spiro atoms. The molecule has 1 rings (SSSR count). The molecule has 4 heteroatoms. The SMILES string of the molecule is [B]OC(=O)\C(C#N)=C(C(/C=C\C=C)=C/C)\c1ccccc1. The average Bonchev–Trinajstić information content (AvgIpc) is 2.54. The Bertz CT molecular complexity index is 649. The number of nitriles is 1. The van der Waals surface area contributed by atoms with Gasteiger partial charge in [0.15, 0.2) is 0 Å². The van der Waals surface area contributed by atoms with Crippen LogP contribution in [0.5, 0.6) is 0 Å². The predicted octanol–water partition coefficient (Wildman–Crippen LogP) is 3.28. The van der Waals surface area contributed by atoms with Gasteiger partial charge < -0.3 is 4.65 Å². The van der Waals surface area contributed by atoms with Gasteiger partial charge in [-0.15, -0.1) is 0 Å². The van der Waals surface area contributed by atoms with Gasteiger partial charge in [0, 0.05) is 5.57 Å². The van der Waals surface area contributed by atoms with Gasteiger partial charge in [0.05, 0.1) is 0 Å². The third-order valence-electron chi connectivity index (χ3n) is 2.75. The van der Waals surface area contributed by atoms with Gasteiger partial charge in [0.1, 0.15) is 11.6 Å². The third-order valence-corrected chi connectivity index (χ3v) is 2.75. The molecule has 0 N–H and O–H groups in total. The highest BCUT2D eigenvalue weighted by Gasteiger charge is 2.18. The van der Waals surface area contributed by atoms with Crippen molar-refractivity contribution in [2.45, 2.75) is 6.92 Å². The van der Waals surface area contributed by atoms with Crippen LogP contribution in [0.4, 0.5) is 0 Å². The molecule has 0 saturated heterocycles. The molecule has 0 saturated carbocycles. The molecule has 0 atom stereocenters. The van der Waals surface area contributed by atoms with Crippen molar-refractivity contribution < 1.29 is 9.45 Å². The largest absolute Gasteiger partial charge is 0.539 e. The zero-order valence-corrected chi connectivity index (χ0v) is 11.7.